The largest absolute Gasteiger partial charge is 0.451 e. The van der Waals surface area contributed by atoms with Crippen LogP contribution in [0.15, 0.2) is 42.5 Å². The van der Waals surface area contributed by atoms with Crippen molar-refractivity contribution in [3.8, 4) is 5.69 Å². The standard InChI is InChI=1S/C23H21F2N3O3/c1-14-5-6-15(11-19(14)25)12-26-21(29)13-31-23(30)22-18-3-2-4-20(18)28(27-22)17-9-7-16(24)8-10-17/h5-11H,2-4,12-13H2,1H3,(H,26,29). The van der Waals surface area contributed by atoms with Crippen molar-refractivity contribution in [2.75, 3.05) is 6.61 Å². The normalized spacial score (nSPS) is 12.5. The average Bonchev–Trinajstić information content (AvgIpc) is 3.36. The molecule has 1 heterocycles. The third-order valence-electron chi connectivity index (χ3n) is 5.26. The van der Waals surface area contributed by atoms with Crippen LogP contribution in [0.2, 0.25) is 0 Å². The highest BCUT2D eigenvalue weighted by Crippen LogP contribution is 2.28. The lowest BCUT2D eigenvalue weighted by Gasteiger charge is -2.07. The predicted octanol–water partition coefficient (Wildman–Crippen LogP) is 3.42. The first-order valence-corrected chi connectivity index (χ1v) is 9.98. The summed E-state index contributed by atoms with van der Waals surface area (Å²) in [4.78, 5) is 24.6. The van der Waals surface area contributed by atoms with Crippen molar-refractivity contribution < 1.29 is 23.1 Å². The van der Waals surface area contributed by atoms with Crippen LogP contribution < -0.4 is 5.32 Å². The minimum Gasteiger partial charge on any atom is -0.451 e. The van der Waals surface area contributed by atoms with E-state index in [1.54, 1.807) is 35.9 Å². The molecule has 8 heteroatoms. The minimum absolute atomic E-state index is 0.127. The molecule has 0 aliphatic heterocycles. The number of aromatic nitrogens is 2. The molecule has 2 aromatic carbocycles. The Labute approximate surface area is 177 Å². The Hall–Kier alpha value is -3.55. The van der Waals surface area contributed by atoms with Gasteiger partial charge in [-0.25, -0.2) is 18.3 Å². The zero-order chi connectivity index (χ0) is 22.0. The molecule has 1 aliphatic carbocycles. The van der Waals surface area contributed by atoms with Gasteiger partial charge in [-0.3, -0.25) is 4.79 Å². The van der Waals surface area contributed by atoms with Crippen LogP contribution in [0.5, 0.6) is 0 Å². The van der Waals surface area contributed by atoms with Crippen LogP contribution >= 0.6 is 0 Å². The highest BCUT2D eigenvalue weighted by Gasteiger charge is 2.28. The van der Waals surface area contributed by atoms with Crippen LogP contribution in [-0.4, -0.2) is 28.3 Å². The first-order chi connectivity index (χ1) is 14.9. The molecule has 1 aliphatic rings. The molecule has 160 valence electrons. The lowest BCUT2D eigenvalue weighted by atomic mass is 10.1. The number of esters is 1. The number of halogens is 2. The molecule has 0 bridgehead atoms. The molecule has 0 spiro atoms. The van der Waals surface area contributed by atoms with Gasteiger partial charge in [-0.2, -0.15) is 5.10 Å². The Balaban J connectivity index is 1.39. The third-order valence-corrected chi connectivity index (χ3v) is 5.26. The Kier molecular flexibility index (Phi) is 5.79. The fourth-order valence-electron chi connectivity index (χ4n) is 3.59. The van der Waals surface area contributed by atoms with Gasteiger partial charge in [-0.15, -0.1) is 0 Å². The lowest BCUT2D eigenvalue weighted by Crippen LogP contribution is -2.28. The molecule has 0 saturated heterocycles. The molecule has 1 N–H and O–H groups in total. The number of aryl methyl sites for hydroxylation is 1. The summed E-state index contributed by atoms with van der Waals surface area (Å²) in [6, 6.07) is 10.6. The van der Waals surface area contributed by atoms with Crippen molar-refractivity contribution in [1.82, 2.24) is 15.1 Å². The second kappa shape index (κ2) is 8.67. The van der Waals surface area contributed by atoms with Gasteiger partial charge in [0.15, 0.2) is 12.3 Å². The van der Waals surface area contributed by atoms with Gasteiger partial charge in [-0.05, 0) is 67.6 Å². The van der Waals surface area contributed by atoms with E-state index in [4.69, 9.17) is 4.74 Å². The van der Waals surface area contributed by atoms with Gasteiger partial charge in [0.25, 0.3) is 5.91 Å². The summed E-state index contributed by atoms with van der Waals surface area (Å²) in [5, 5.41) is 6.96. The summed E-state index contributed by atoms with van der Waals surface area (Å²) in [6.07, 6.45) is 2.31. The number of fused-ring (bicyclic) bond motifs is 1. The highest BCUT2D eigenvalue weighted by molar-refractivity contribution is 5.91. The van der Waals surface area contributed by atoms with Gasteiger partial charge in [0, 0.05) is 17.8 Å². The van der Waals surface area contributed by atoms with Gasteiger partial charge in [0.1, 0.15) is 11.6 Å². The summed E-state index contributed by atoms with van der Waals surface area (Å²) >= 11 is 0. The predicted molar refractivity (Wildman–Crippen MR) is 109 cm³/mol. The number of carbonyl (C=O) groups excluding carboxylic acids is 2. The van der Waals surface area contributed by atoms with E-state index in [0.717, 1.165) is 24.1 Å². The number of benzene rings is 2. The smallest absolute Gasteiger partial charge is 0.359 e. The van der Waals surface area contributed by atoms with Crippen LogP contribution in [0.4, 0.5) is 8.78 Å². The minimum atomic E-state index is -0.685. The quantitative estimate of drug-likeness (QED) is 0.615. The molecule has 4 rings (SSSR count). The zero-order valence-electron chi connectivity index (χ0n) is 17.0. The van der Waals surface area contributed by atoms with Crippen molar-refractivity contribution in [1.29, 1.82) is 0 Å². The van der Waals surface area contributed by atoms with Crippen molar-refractivity contribution in [2.45, 2.75) is 32.7 Å². The summed E-state index contributed by atoms with van der Waals surface area (Å²) < 4.78 is 33.6. The summed E-state index contributed by atoms with van der Waals surface area (Å²) in [5.74, 6) is -1.88. The first kappa shape index (κ1) is 20.7. The summed E-state index contributed by atoms with van der Waals surface area (Å²) in [7, 11) is 0. The second-order valence-corrected chi connectivity index (χ2v) is 7.45. The molecule has 0 unspecified atom stereocenters. The maximum atomic E-state index is 13.6. The molecule has 0 radical (unpaired) electrons. The molecule has 1 amide bonds. The maximum absolute atomic E-state index is 13.6. The van der Waals surface area contributed by atoms with Gasteiger partial charge in [0.2, 0.25) is 0 Å². The van der Waals surface area contributed by atoms with E-state index in [0.29, 0.717) is 23.2 Å². The van der Waals surface area contributed by atoms with E-state index < -0.39 is 18.5 Å². The van der Waals surface area contributed by atoms with E-state index in [9.17, 15) is 18.4 Å². The Morgan fingerprint density at radius 2 is 1.90 bits per heavy atom. The Morgan fingerprint density at radius 3 is 2.65 bits per heavy atom. The number of rotatable bonds is 6. The molecule has 31 heavy (non-hydrogen) atoms. The van der Waals surface area contributed by atoms with Crippen LogP contribution in [0.1, 0.15) is 39.3 Å². The van der Waals surface area contributed by atoms with Gasteiger partial charge in [0.05, 0.1) is 5.69 Å². The molecule has 6 nitrogen and oxygen atoms in total. The number of hydrogen-bond acceptors (Lipinski definition) is 4. The fourth-order valence-corrected chi connectivity index (χ4v) is 3.59. The van der Waals surface area contributed by atoms with Gasteiger partial charge < -0.3 is 10.1 Å². The van der Waals surface area contributed by atoms with Crippen molar-refractivity contribution in [3.05, 3.63) is 82.2 Å². The van der Waals surface area contributed by atoms with Crippen LogP contribution in [0, 0.1) is 18.6 Å². The molecule has 0 fully saturated rings. The summed E-state index contributed by atoms with van der Waals surface area (Å²) in [5.41, 5.74) is 3.65. The van der Waals surface area contributed by atoms with E-state index in [1.165, 1.54) is 18.2 Å². The van der Waals surface area contributed by atoms with Crippen molar-refractivity contribution in [3.63, 3.8) is 0 Å². The number of amides is 1. The van der Waals surface area contributed by atoms with Crippen LogP contribution in [0.25, 0.3) is 5.69 Å². The maximum Gasteiger partial charge on any atom is 0.359 e. The van der Waals surface area contributed by atoms with E-state index in [-0.39, 0.29) is 23.9 Å². The summed E-state index contributed by atoms with van der Waals surface area (Å²) in [6.45, 7) is 1.32. The van der Waals surface area contributed by atoms with Crippen molar-refractivity contribution >= 4 is 11.9 Å². The molecular weight excluding hydrogens is 404 g/mol. The number of ether oxygens (including phenoxy) is 1. The molecule has 0 saturated carbocycles. The van der Waals surface area contributed by atoms with E-state index >= 15 is 0 Å². The van der Waals surface area contributed by atoms with E-state index in [1.807, 2.05) is 0 Å². The molecular formula is C23H21F2N3O3. The van der Waals surface area contributed by atoms with Crippen molar-refractivity contribution in [2.24, 2.45) is 0 Å². The SMILES string of the molecule is Cc1ccc(CNC(=O)COC(=O)c2nn(-c3ccc(F)cc3)c3c2CCC3)cc1F. The second-order valence-electron chi connectivity index (χ2n) is 7.45. The zero-order valence-corrected chi connectivity index (χ0v) is 17.0. The number of hydrogen-bond donors (Lipinski definition) is 1. The number of carbonyl (C=O) groups is 2. The first-order valence-electron chi connectivity index (χ1n) is 9.98. The fraction of sp³-hybridized carbons (Fsp3) is 0.261. The van der Waals surface area contributed by atoms with Crippen LogP contribution in [0.3, 0.4) is 0 Å². The van der Waals surface area contributed by atoms with Crippen LogP contribution in [-0.2, 0) is 28.9 Å². The third kappa shape index (κ3) is 4.47. The Bertz CT molecular complexity index is 1140. The molecule has 0 atom stereocenters. The monoisotopic (exact) mass is 425 g/mol. The highest BCUT2D eigenvalue weighted by atomic mass is 19.1. The van der Waals surface area contributed by atoms with Gasteiger partial charge in [-0.1, -0.05) is 12.1 Å². The Morgan fingerprint density at radius 1 is 1.13 bits per heavy atom. The van der Waals surface area contributed by atoms with E-state index in [2.05, 4.69) is 10.4 Å². The lowest BCUT2D eigenvalue weighted by molar-refractivity contribution is -0.124. The number of nitrogens with one attached hydrogen (secondary N) is 1. The number of nitrogens with zero attached hydrogens (tertiary/aromatic N) is 2. The van der Waals surface area contributed by atoms with Gasteiger partial charge >= 0.3 is 5.97 Å². The average molecular weight is 425 g/mol. The topological polar surface area (TPSA) is 73.2 Å². The molecule has 1 aromatic heterocycles. The molecule has 3 aromatic rings.